The summed E-state index contributed by atoms with van der Waals surface area (Å²) in [7, 11) is 4.17. The molecule has 7 nitrogen and oxygen atoms in total. The van der Waals surface area contributed by atoms with Crippen LogP contribution in [0, 0.1) is 0 Å². The molecular formula is C30H40N6OS. The molecule has 0 spiro atoms. The molecule has 0 atom stereocenters. The van der Waals surface area contributed by atoms with Crippen LogP contribution in [0.3, 0.4) is 0 Å². The van der Waals surface area contributed by atoms with Crippen LogP contribution in [0.25, 0.3) is 5.70 Å². The fraction of sp³-hybridized carbons (Fsp3) is 0.367. The molecule has 0 bridgehead atoms. The highest BCUT2D eigenvalue weighted by Crippen LogP contribution is 2.39. The molecule has 1 aliphatic carbocycles. The summed E-state index contributed by atoms with van der Waals surface area (Å²) in [4.78, 5) is 16.2. The second kappa shape index (κ2) is 14.2. The molecule has 5 N–H and O–H groups in total. The predicted molar refractivity (Wildman–Crippen MR) is 160 cm³/mol. The Kier molecular flexibility index (Phi) is 10.5. The summed E-state index contributed by atoms with van der Waals surface area (Å²) in [6, 6.07) is 20.0. The first-order valence-corrected chi connectivity index (χ1v) is 14.2. The number of allylic oxidation sites excluding steroid dienone is 1. The van der Waals surface area contributed by atoms with E-state index in [0.717, 1.165) is 68.0 Å². The van der Waals surface area contributed by atoms with E-state index in [-0.39, 0.29) is 12.5 Å². The number of hydrogen-bond donors (Lipinski definition) is 4. The molecule has 38 heavy (non-hydrogen) atoms. The molecular weight excluding hydrogens is 492 g/mol. The van der Waals surface area contributed by atoms with E-state index in [4.69, 9.17) is 5.84 Å². The lowest BCUT2D eigenvalue weighted by Gasteiger charge is -2.29. The van der Waals surface area contributed by atoms with E-state index in [1.54, 1.807) is 0 Å². The monoisotopic (exact) mass is 532 g/mol. The van der Waals surface area contributed by atoms with E-state index in [0.29, 0.717) is 6.54 Å². The third-order valence-corrected chi connectivity index (χ3v) is 7.86. The van der Waals surface area contributed by atoms with E-state index >= 15 is 0 Å². The standard InChI is InChI=1S/C30H40N6OS/c1-32-17-19-35(2)18-6-9-24-10-15-28-27(16-20-38-28)30(24)36(31)26-13-11-25(12-14-26)34-29(37)22-33-21-23-7-4-3-5-8-23/h3-5,7-8,11-14,16,20,32-33H,6,9-10,15,17-19,21-22,31H2,1-2H3,(H,34,37). The molecule has 0 saturated heterocycles. The number of nitrogens with one attached hydrogen (secondary N) is 3. The summed E-state index contributed by atoms with van der Waals surface area (Å²) in [5.74, 6) is 6.70. The van der Waals surface area contributed by atoms with Crippen molar-refractivity contribution in [2.75, 3.05) is 50.6 Å². The van der Waals surface area contributed by atoms with Crippen molar-refractivity contribution in [3.63, 3.8) is 0 Å². The Bertz CT molecular complexity index is 1190. The zero-order valence-corrected chi connectivity index (χ0v) is 23.3. The number of carbonyl (C=O) groups is 1. The normalized spacial score (nSPS) is 13.1. The van der Waals surface area contributed by atoms with Gasteiger partial charge in [-0.25, -0.2) is 5.84 Å². The number of thiophene rings is 1. The predicted octanol–water partition coefficient (Wildman–Crippen LogP) is 4.45. The number of nitrogens with zero attached hydrogens (tertiary/aromatic N) is 2. The molecule has 0 radical (unpaired) electrons. The largest absolute Gasteiger partial charge is 0.325 e. The van der Waals surface area contributed by atoms with Gasteiger partial charge in [0.15, 0.2) is 0 Å². The maximum absolute atomic E-state index is 12.4. The number of anilines is 2. The van der Waals surface area contributed by atoms with Gasteiger partial charge in [0.2, 0.25) is 5.91 Å². The lowest BCUT2D eigenvalue weighted by atomic mass is 9.91. The van der Waals surface area contributed by atoms with Gasteiger partial charge in [0.25, 0.3) is 0 Å². The van der Waals surface area contributed by atoms with Crippen LogP contribution in [0.2, 0.25) is 0 Å². The molecule has 1 amide bonds. The van der Waals surface area contributed by atoms with Gasteiger partial charge >= 0.3 is 0 Å². The van der Waals surface area contributed by atoms with Crippen molar-refractivity contribution >= 4 is 34.3 Å². The first-order chi connectivity index (χ1) is 18.5. The smallest absolute Gasteiger partial charge is 0.238 e. The Hall–Kier alpha value is -3.01. The van der Waals surface area contributed by atoms with Crippen molar-refractivity contribution in [2.24, 2.45) is 5.84 Å². The molecule has 0 aliphatic heterocycles. The van der Waals surface area contributed by atoms with Gasteiger partial charge < -0.3 is 20.9 Å². The van der Waals surface area contributed by atoms with Gasteiger partial charge in [-0.3, -0.25) is 9.80 Å². The van der Waals surface area contributed by atoms with Gasteiger partial charge in [-0.15, -0.1) is 11.3 Å². The molecule has 1 heterocycles. The average molecular weight is 533 g/mol. The molecule has 202 valence electrons. The van der Waals surface area contributed by atoms with E-state index in [1.807, 2.05) is 78.0 Å². The molecule has 0 saturated carbocycles. The molecule has 0 fully saturated rings. The van der Waals surface area contributed by atoms with Crippen LogP contribution >= 0.6 is 11.3 Å². The van der Waals surface area contributed by atoms with Gasteiger partial charge in [0, 0.05) is 35.8 Å². The Labute approximate surface area is 230 Å². The van der Waals surface area contributed by atoms with E-state index in [2.05, 4.69) is 39.3 Å². The summed E-state index contributed by atoms with van der Waals surface area (Å²) in [6.07, 6.45) is 4.27. The highest BCUT2D eigenvalue weighted by atomic mass is 32.1. The summed E-state index contributed by atoms with van der Waals surface area (Å²) < 4.78 is 0. The Morgan fingerprint density at radius 3 is 2.58 bits per heavy atom. The van der Waals surface area contributed by atoms with Crippen LogP contribution in [0.5, 0.6) is 0 Å². The summed E-state index contributed by atoms with van der Waals surface area (Å²) >= 11 is 1.81. The highest BCUT2D eigenvalue weighted by molar-refractivity contribution is 7.10. The summed E-state index contributed by atoms with van der Waals surface area (Å²) in [6.45, 7) is 4.02. The van der Waals surface area contributed by atoms with Crippen molar-refractivity contribution < 1.29 is 4.79 Å². The number of rotatable bonds is 14. The highest BCUT2D eigenvalue weighted by Gasteiger charge is 2.24. The molecule has 0 unspecified atom stereocenters. The Morgan fingerprint density at radius 1 is 1.03 bits per heavy atom. The molecule has 3 aromatic rings. The molecule has 8 heteroatoms. The van der Waals surface area contributed by atoms with Crippen LogP contribution in [-0.2, 0) is 17.8 Å². The lowest BCUT2D eigenvalue weighted by Crippen LogP contribution is -2.32. The molecule has 1 aliphatic rings. The summed E-state index contributed by atoms with van der Waals surface area (Å²) in [5, 5.41) is 13.4. The van der Waals surface area contributed by atoms with Gasteiger partial charge in [-0.2, -0.15) is 0 Å². The van der Waals surface area contributed by atoms with Crippen molar-refractivity contribution in [3.05, 3.63) is 87.6 Å². The maximum atomic E-state index is 12.4. The third kappa shape index (κ3) is 7.75. The average Bonchev–Trinajstić information content (AvgIpc) is 3.41. The number of amides is 1. The lowest BCUT2D eigenvalue weighted by molar-refractivity contribution is -0.115. The van der Waals surface area contributed by atoms with Crippen LogP contribution in [0.1, 0.15) is 35.3 Å². The van der Waals surface area contributed by atoms with E-state index in [9.17, 15) is 4.79 Å². The van der Waals surface area contributed by atoms with Crippen LogP contribution in [0.4, 0.5) is 11.4 Å². The minimum atomic E-state index is -0.0711. The van der Waals surface area contributed by atoms with Crippen molar-refractivity contribution in [1.29, 1.82) is 0 Å². The quantitative estimate of drug-likeness (QED) is 0.181. The number of likely N-dealkylation sites (N-methyl/N-ethyl adjacent to an activating group) is 2. The summed E-state index contributed by atoms with van der Waals surface area (Å²) in [5.41, 5.74) is 6.62. The fourth-order valence-corrected chi connectivity index (χ4v) is 5.67. The Morgan fingerprint density at radius 2 is 1.82 bits per heavy atom. The molecule has 1 aromatic heterocycles. The second-order valence-corrected chi connectivity index (χ2v) is 10.8. The van der Waals surface area contributed by atoms with Gasteiger partial charge in [-0.05, 0) is 93.2 Å². The number of carbonyl (C=O) groups excluding carboxylic acids is 1. The second-order valence-electron chi connectivity index (χ2n) is 9.77. The SMILES string of the molecule is CNCCN(C)CCCC1=C(N(N)c2ccc(NC(=O)CNCc3ccccc3)cc2)c2ccsc2CC1. The number of benzene rings is 2. The third-order valence-electron chi connectivity index (χ3n) is 6.88. The fourth-order valence-electron chi connectivity index (χ4n) is 4.79. The maximum Gasteiger partial charge on any atom is 0.238 e. The number of nitrogens with two attached hydrogens (primary N) is 1. The van der Waals surface area contributed by atoms with Crippen molar-refractivity contribution in [2.45, 2.75) is 32.2 Å². The van der Waals surface area contributed by atoms with Crippen LogP contribution < -0.4 is 26.8 Å². The number of aryl methyl sites for hydroxylation is 1. The number of hydrogen-bond acceptors (Lipinski definition) is 7. The molecule has 2 aromatic carbocycles. The Balaban J connectivity index is 1.37. The van der Waals surface area contributed by atoms with Crippen LogP contribution in [-0.4, -0.2) is 51.1 Å². The number of hydrazine groups is 1. The zero-order valence-electron chi connectivity index (χ0n) is 22.5. The minimum absolute atomic E-state index is 0.0711. The zero-order chi connectivity index (χ0) is 26.7. The topological polar surface area (TPSA) is 85.7 Å². The first kappa shape index (κ1) is 28.0. The van der Waals surface area contributed by atoms with Crippen molar-refractivity contribution in [1.82, 2.24) is 15.5 Å². The van der Waals surface area contributed by atoms with Crippen molar-refractivity contribution in [3.8, 4) is 0 Å². The number of fused-ring (bicyclic) bond motifs is 1. The minimum Gasteiger partial charge on any atom is -0.325 e. The molecule has 4 rings (SSSR count). The van der Waals surface area contributed by atoms with Gasteiger partial charge in [0.1, 0.15) is 0 Å². The first-order valence-electron chi connectivity index (χ1n) is 13.4. The van der Waals surface area contributed by atoms with Gasteiger partial charge in [-0.1, -0.05) is 30.3 Å². The van der Waals surface area contributed by atoms with Crippen LogP contribution in [0.15, 0.2) is 71.6 Å². The van der Waals surface area contributed by atoms with Gasteiger partial charge in [0.05, 0.1) is 17.9 Å². The van der Waals surface area contributed by atoms with E-state index in [1.165, 1.54) is 16.0 Å². The van der Waals surface area contributed by atoms with E-state index < -0.39 is 0 Å².